The number of ether oxygens (including phenoxy) is 1. The van der Waals surface area contributed by atoms with Crippen LogP contribution in [0.25, 0.3) is 0 Å². The number of nitrogens with zero attached hydrogens (tertiary/aromatic N) is 2. The van der Waals surface area contributed by atoms with Gasteiger partial charge in [0.05, 0.1) is 17.7 Å². The van der Waals surface area contributed by atoms with E-state index in [1.807, 2.05) is 60.7 Å². The van der Waals surface area contributed by atoms with E-state index in [0.717, 1.165) is 16.9 Å². The van der Waals surface area contributed by atoms with Crippen molar-refractivity contribution in [3.63, 3.8) is 0 Å². The van der Waals surface area contributed by atoms with Gasteiger partial charge in [-0.1, -0.05) is 54.6 Å². The summed E-state index contributed by atoms with van der Waals surface area (Å²) in [6.07, 6.45) is 0.441. The largest absolute Gasteiger partial charge is 0.492 e. The van der Waals surface area contributed by atoms with Gasteiger partial charge in [-0.3, -0.25) is 0 Å². The molecule has 1 atom stereocenters. The van der Waals surface area contributed by atoms with Crippen molar-refractivity contribution in [2.75, 3.05) is 12.3 Å². The maximum atomic E-state index is 13.9. The predicted molar refractivity (Wildman–Crippen MR) is 138 cm³/mol. The van der Waals surface area contributed by atoms with Crippen LogP contribution in [0.1, 0.15) is 16.7 Å². The maximum absolute atomic E-state index is 13.9. The molecule has 4 rings (SSSR count). The molecule has 1 heterocycles. The number of hydrogen-bond acceptors (Lipinski definition) is 6. The normalized spacial score (nSPS) is 12.2. The van der Waals surface area contributed by atoms with E-state index in [4.69, 9.17) is 10.5 Å². The molecule has 8 heteroatoms. The second kappa shape index (κ2) is 11.2. The zero-order chi connectivity index (χ0) is 24.7. The number of benzene rings is 3. The number of para-hydroxylation sites is 1. The molecule has 0 aliphatic rings. The molecule has 0 spiro atoms. The molecule has 2 N–H and O–H groups in total. The molecule has 0 amide bonds. The number of sulfonamides is 1. The lowest BCUT2D eigenvalue weighted by Gasteiger charge is -2.31. The van der Waals surface area contributed by atoms with E-state index in [9.17, 15) is 13.7 Å². The van der Waals surface area contributed by atoms with Crippen LogP contribution in [0.4, 0.5) is 5.69 Å². The van der Waals surface area contributed by atoms with Crippen LogP contribution in [0.2, 0.25) is 0 Å². The Bertz CT molecular complexity index is 1380. The van der Waals surface area contributed by atoms with Gasteiger partial charge in [0, 0.05) is 12.2 Å². The number of nitriles is 1. The Morgan fingerprint density at radius 3 is 2.34 bits per heavy atom. The fourth-order valence-electron chi connectivity index (χ4n) is 3.76. The molecule has 35 heavy (non-hydrogen) atoms. The van der Waals surface area contributed by atoms with E-state index in [-0.39, 0.29) is 17.4 Å². The fourth-order valence-corrected chi connectivity index (χ4v) is 6.46. The lowest BCUT2D eigenvalue weighted by molar-refractivity contribution is 0.199. The lowest BCUT2D eigenvalue weighted by atomic mass is 10.0. The van der Waals surface area contributed by atoms with Crippen molar-refractivity contribution in [2.24, 2.45) is 0 Å². The standard InChI is InChI=1S/C27H25N3O3S2/c28-18-22-13-14-26(29)23(16-22)19-30(35(31,32)27-12-7-15-34-27)24(17-21-8-3-1-4-9-21)20-33-25-10-5-2-6-11-25/h1-16,24H,17,19-20,29H2/t24-/m1/s1. The van der Waals surface area contributed by atoms with Crippen LogP contribution in [0.15, 0.2) is 101 Å². The SMILES string of the molecule is N#Cc1ccc(N)c(CN([C@@H](COc2ccccc2)Cc2ccccc2)S(=O)(=O)c2cccs2)c1. The van der Waals surface area contributed by atoms with Gasteiger partial charge in [0.25, 0.3) is 10.0 Å². The average Bonchev–Trinajstić information content (AvgIpc) is 3.44. The van der Waals surface area contributed by atoms with Crippen molar-refractivity contribution in [3.05, 3.63) is 113 Å². The summed E-state index contributed by atoms with van der Waals surface area (Å²) in [6, 6.07) is 28.8. The average molecular weight is 504 g/mol. The zero-order valence-electron chi connectivity index (χ0n) is 18.9. The van der Waals surface area contributed by atoms with Gasteiger partial charge in [-0.05, 0) is 59.3 Å². The van der Waals surface area contributed by atoms with Gasteiger partial charge < -0.3 is 10.5 Å². The Morgan fingerprint density at radius 1 is 0.971 bits per heavy atom. The first kappa shape index (κ1) is 24.5. The molecule has 0 unspecified atom stereocenters. The van der Waals surface area contributed by atoms with Crippen molar-refractivity contribution in [3.8, 4) is 11.8 Å². The van der Waals surface area contributed by atoms with E-state index >= 15 is 0 Å². The van der Waals surface area contributed by atoms with Crippen LogP contribution >= 0.6 is 11.3 Å². The molecule has 1 aromatic heterocycles. The Labute approximate surface area is 209 Å². The molecular formula is C27H25N3O3S2. The summed E-state index contributed by atoms with van der Waals surface area (Å²) in [5, 5.41) is 11.1. The van der Waals surface area contributed by atoms with Crippen molar-refractivity contribution in [2.45, 2.75) is 23.2 Å². The molecule has 0 fully saturated rings. The van der Waals surface area contributed by atoms with Crippen LogP contribution in [-0.4, -0.2) is 25.4 Å². The summed E-state index contributed by atoms with van der Waals surface area (Å²) in [5.74, 6) is 0.657. The second-order valence-corrected chi connectivity index (χ2v) is 11.0. The molecule has 0 aliphatic carbocycles. The van der Waals surface area contributed by atoms with E-state index in [2.05, 4.69) is 6.07 Å². The van der Waals surface area contributed by atoms with Gasteiger partial charge >= 0.3 is 0 Å². The highest BCUT2D eigenvalue weighted by molar-refractivity contribution is 7.91. The third kappa shape index (κ3) is 6.08. The molecule has 178 valence electrons. The summed E-state index contributed by atoms with van der Waals surface area (Å²) in [6.45, 7) is 0.151. The highest BCUT2D eigenvalue weighted by Gasteiger charge is 2.33. The number of thiophene rings is 1. The van der Waals surface area contributed by atoms with Crippen molar-refractivity contribution < 1.29 is 13.2 Å². The molecule has 0 aliphatic heterocycles. The summed E-state index contributed by atoms with van der Waals surface area (Å²) in [5.41, 5.74) is 8.62. The van der Waals surface area contributed by atoms with Gasteiger partial charge in [-0.2, -0.15) is 9.57 Å². The molecule has 0 radical (unpaired) electrons. The van der Waals surface area contributed by atoms with Crippen LogP contribution < -0.4 is 10.5 Å². The number of hydrogen-bond donors (Lipinski definition) is 1. The number of nitrogen functional groups attached to an aromatic ring is 1. The Balaban J connectivity index is 1.76. The minimum atomic E-state index is -3.88. The first-order chi connectivity index (χ1) is 17.0. The molecule has 0 saturated carbocycles. The van der Waals surface area contributed by atoms with Crippen LogP contribution in [0.5, 0.6) is 5.75 Å². The van der Waals surface area contributed by atoms with Crippen molar-refractivity contribution >= 4 is 27.0 Å². The monoisotopic (exact) mass is 503 g/mol. The quantitative estimate of drug-likeness (QED) is 0.304. The Hall–Kier alpha value is -3.64. The first-order valence-corrected chi connectivity index (χ1v) is 13.3. The number of anilines is 1. The summed E-state index contributed by atoms with van der Waals surface area (Å²) >= 11 is 1.16. The smallest absolute Gasteiger partial charge is 0.253 e. The Morgan fingerprint density at radius 2 is 1.69 bits per heavy atom. The number of rotatable bonds is 10. The van der Waals surface area contributed by atoms with E-state index < -0.39 is 16.1 Å². The number of nitrogens with two attached hydrogens (primary N) is 1. The third-order valence-corrected chi connectivity index (χ3v) is 8.83. The fraction of sp³-hybridized carbons (Fsp3) is 0.148. The van der Waals surface area contributed by atoms with Crippen molar-refractivity contribution in [1.82, 2.24) is 4.31 Å². The molecule has 6 nitrogen and oxygen atoms in total. The minimum absolute atomic E-state index is 0.0111. The van der Waals surface area contributed by atoms with Gasteiger partial charge in [0.15, 0.2) is 0 Å². The zero-order valence-corrected chi connectivity index (χ0v) is 20.6. The highest BCUT2D eigenvalue weighted by atomic mass is 32.2. The molecular weight excluding hydrogens is 478 g/mol. The van der Waals surface area contributed by atoms with Gasteiger partial charge in [-0.15, -0.1) is 11.3 Å². The summed E-state index contributed by atoms with van der Waals surface area (Å²) < 4.78 is 35.5. The molecule has 0 saturated heterocycles. The van der Waals surface area contributed by atoms with Crippen LogP contribution in [0, 0.1) is 11.3 Å². The lowest BCUT2D eigenvalue weighted by Crippen LogP contribution is -2.44. The van der Waals surface area contributed by atoms with Gasteiger partial charge in [0.2, 0.25) is 0 Å². The third-order valence-electron chi connectivity index (χ3n) is 5.56. The molecule has 0 bridgehead atoms. The molecule has 4 aromatic rings. The van der Waals surface area contributed by atoms with Crippen LogP contribution in [0.3, 0.4) is 0 Å². The molecule has 3 aromatic carbocycles. The predicted octanol–water partition coefficient (Wildman–Crippen LogP) is 5.08. The van der Waals surface area contributed by atoms with Crippen LogP contribution in [-0.2, 0) is 23.0 Å². The van der Waals surface area contributed by atoms with E-state index in [0.29, 0.717) is 29.0 Å². The highest BCUT2D eigenvalue weighted by Crippen LogP contribution is 2.28. The topological polar surface area (TPSA) is 96.4 Å². The minimum Gasteiger partial charge on any atom is -0.492 e. The summed E-state index contributed by atoms with van der Waals surface area (Å²) in [7, 11) is -3.88. The first-order valence-electron chi connectivity index (χ1n) is 11.0. The van der Waals surface area contributed by atoms with E-state index in [1.54, 1.807) is 35.7 Å². The van der Waals surface area contributed by atoms with Gasteiger partial charge in [0.1, 0.15) is 16.6 Å². The van der Waals surface area contributed by atoms with Gasteiger partial charge in [-0.25, -0.2) is 8.42 Å². The van der Waals surface area contributed by atoms with Crippen molar-refractivity contribution in [1.29, 1.82) is 5.26 Å². The Kier molecular flexibility index (Phi) is 7.83. The summed E-state index contributed by atoms with van der Waals surface area (Å²) in [4.78, 5) is 0. The second-order valence-electron chi connectivity index (χ2n) is 7.98. The maximum Gasteiger partial charge on any atom is 0.253 e. The van der Waals surface area contributed by atoms with E-state index in [1.165, 1.54) is 4.31 Å².